The van der Waals surface area contributed by atoms with Crippen molar-refractivity contribution in [2.24, 2.45) is 5.73 Å². The van der Waals surface area contributed by atoms with Crippen LogP contribution in [0.2, 0.25) is 0 Å². The highest BCUT2D eigenvalue weighted by Crippen LogP contribution is 2.07. The molecule has 1 aliphatic heterocycles. The molecule has 0 amide bonds. The fourth-order valence-corrected chi connectivity index (χ4v) is 1.91. The largest absolute Gasteiger partial charge is 0.326 e. The van der Waals surface area contributed by atoms with E-state index in [9.17, 15) is 0 Å². The molecule has 1 heterocycles. The maximum Gasteiger partial charge on any atom is 0.0109 e. The molecule has 3 heteroatoms. The number of hydrogen-bond acceptors (Lipinski definition) is 3. The molecule has 1 rings (SSSR count). The van der Waals surface area contributed by atoms with Gasteiger partial charge in [-0.25, -0.2) is 0 Å². The van der Waals surface area contributed by atoms with Gasteiger partial charge in [0.25, 0.3) is 0 Å². The minimum absolute atomic E-state index is 0.0259. The topological polar surface area (TPSA) is 32.5 Å². The Hall–Kier alpha value is -0.120. The first-order chi connectivity index (χ1) is 6.97. The summed E-state index contributed by atoms with van der Waals surface area (Å²) in [6.07, 6.45) is 3.85. The first-order valence-electron chi connectivity index (χ1n) is 6.17. The van der Waals surface area contributed by atoms with Crippen LogP contribution in [0, 0.1) is 0 Å². The highest BCUT2D eigenvalue weighted by molar-refractivity contribution is 4.74. The highest BCUT2D eigenvalue weighted by atomic mass is 15.2. The fourth-order valence-electron chi connectivity index (χ4n) is 1.91. The van der Waals surface area contributed by atoms with Gasteiger partial charge in [-0.2, -0.15) is 0 Å². The quantitative estimate of drug-likeness (QED) is 0.718. The summed E-state index contributed by atoms with van der Waals surface area (Å²) >= 11 is 0. The van der Waals surface area contributed by atoms with E-state index in [4.69, 9.17) is 5.73 Å². The second kappa shape index (κ2) is 5.83. The third-order valence-corrected chi connectivity index (χ3v) is 3.13. The fraction of sp³-hybridized carbons (Fsp3) is 1.00. The van der Waals surface area contributed by atoms with Gasteiger partial charge in [-0.15, -0.1) is 0 Å². The Balaban J connectivity index is 2.05. The summed E-state index contributed by atoms with van der Waals surface area (Å²) in [6, 6.07) is 0. The van der Waals surface area contributed by atoms with Gasteiger partial charge in [0, 0.05) is 18.6 Å². The van der Waals surface area contributed by atoms with E-state index in [0.29, 0.717) is 0 Å². The Morgan fingerprint density at radius 3 is 2.33 bits per heavy atom. The molecule has 0 radical (unpaired) electrons. The lowest BCUT2D eigenvalue weighted by molar-refractivity contribution is 0.243. The molecule has 0 atom stereocenters. The van der Waals surface area contributed by atoms with Gasteiger partial charge in [0.15, 0.2) is 0 Å². The van der Waals surface area contributed by atoms with Crippen molar-refractivity contribution in [3.05, 3.63) is 0 Å². The summed E-state index contributed by atoms with van der Waals surface area (Å²) in [7, 11) is 2.20. The normalized spacial score (nSPS) is 19.0. The molecule has 0 saturated carbocycles. The van der Waals surface area contributed by atoms with E-state index in [1.54, 1.807) is 0 Å². The predicted octanol–water partition coefficient (Wildman–Crippen LogP) is 1.14. The maximum atomic E-state index is 5.96. The Morgan fingerprint density at radius 1 is 1.20 bits per heavy atom. The number of nitrogens with zero attached hydrogens (tertiary/aromatic N) is 2. The molecular weight excluding hydrogens is 186 g/mol. The summed E-state index contributed by atoms with van der Waals surface area (Å²) in [5.41, 5.74) is 5.94. The molecule has 15 heavy (non-hydrogen) atoms. The smallest absolute Gasteiger partial charge is 0.0109 e. The van der Waals surface area contributed by atoms with Gasteiger partial charge in [0.2, 0.25) is 0 Å². The summed E-state index contributed by atoms with van der Waals surface area (Å²) in [6.45, 7) is 10.3. The molecule has 0 aliphatic carbocycles. The number of hydrogen-bond donors (Lipinski definition) is 1. The summed E-state index contributed by atoms with van der Waals surface area (Å²) in [4.78, 5) is 4.96. The van der Waals surface area contributed by atoms with Crippen LogP contribution in [0.25, 0.3) is 0 Å². The van der Waals surface area contributed by atoms with Crippen molar-refractivity contribution >= 4 is 0 Å². The van der Waals surface area contributed by atoms with Crippen molar-refractivity contribution in [2.45, 2.75) is 38.6 Å². The maximum absolute atomic E-state index is 5.96. The third kappa shape index (κ3) is 6.13. The van der Waals surface area contributed by atoms with Crippen molar-refractivity contribution in [3.63, 3.8) is 0 Å². The lowest BCUT2D eigenvalue weighted by atomic mass is 10.0. The third-order valence-electron chi connectivity index (χ3n) is 3.13. The minimum atomic E-state index is -0.0259. The molecule has 0 aromatic rings. The molecule has 0 spiro atoms. The highest BCUT2D eigenvalue weighted by Gasteiger charge is 2.14. The zero-order chi connectivity index (χ0) is 11.3. The van der Waals surface area contributed by atoms with Crippen molar-refractivity contribution in [2.75, 3.05) is 39.8 Å². The number of likely N-dealkylation sites (N-methyl/N-ethyl adjacent to an activating group) is 1. The lowest BCUT2D eigenvalue weighted by Crippen LogP contribution is -2.38. The average molecular weight is 213 g/mol. The molecule has 0 bridgehead atoms. The van der Waals surface area contributed by atoms with E-state index in [1.165, 1.54) is 39.0 Å². The van der Waals surface area contributed by atoms with E-state index in [1.807, 2.05) is 0 Å². The Kier molecular flexibility index (Phi) is 5.03. The first-order valence-corrected chi connectivity index (χ1v) is 6.17. The molecule has 0 aromatic carbocycles. The van der Waals surface area contributed by atoms with Crippen LogP contribution in [-0.2, 0) is 0 Å². The molecule has 0 unspecified atom stereocenters. The van der Waals surface area contributed by atoms with Crippen molar-refractivity contribution < 1.29 is 0 Å². The van der Waals surface area contributed by atoms with E-state index in [2.05, 4.69) is 30.7 Å². The van der Waals surface area contributed by atoms with Crippen LogP contribution in [0.3, 0.4) is 0 Å². The van der Waals surface area contributed by atoms with Crippen LogP contribution >= 0.6 is 0 Å². The van der Waals surface area contributed by atoms with Gasteiger partial charge in [-0.1, -0.05) is 0 Å². The molecular formula is C12H27N3. The molecule has 2 N–H and O–H groups in total. The Bertz CT molecular complexity index is 168. The summed E-state index contributed by atoms with van der Waals surface area (Å²) < 4.78 is 0. The molecule has 1 saturated heterocycles. The van der Waals surface area contributed by atoms with Crippen LogP contribution in [0.4, 0.5) is 0 Å². The minimum Gasteiger partial charge on any atom is -0.326 e. The monoisotopic (exact) mass is 213 g/mol. The zero-order valence-corrected chi connectivity index (χ0v) is 10.6. The summed E-state index contributed by atoms with van der Waals surface area (Å²) in [5, 5.41) is 0. The van der Waals surface area contributed by atoms with Gasteiger partial charge >= 0.3 is 0 Å². The van der Waals surface area contributed by atoms with Crippen molar-refractivity contribution in [1.29, 1.82) is 0 Å². The van der Waals surface area contributed by atoms with Crippen LogP contribution in [0.1, 0.15) is 33.1 Å². The molecule has 3 nitrogen and oxygen atoms in total. The average Bonchev–Trinajstić information content (AvgIpc) is 2.62. The van der Waals surface area contributed by atoms with Crippen LogP contribution < -0.4 is 5.73 Å². The van der Waals surface area contributed by atoms with Gasteiger partial charge < -0.3 is 15.5 Å². The van der Waals surface area contributed by atoms with E-state index in [0.717, 1.165) is 13.0 Å². The van der Waals surface area contributed by atoms with Gasteiger partial charge in [0.05, 0.1) is 0 Å². The summed E-state index contributed by atoms with van der Waals surface area (Å²) in [5.74, 6) is 0. The lowest BCUT2D eigenvalue weighted by Gasteiger charge is -2.25. The molecule has 1 fully saturated rings. The van der Waals surface area contributed by atoms with Crippen molar-refractivity contribution in [1.82, 2.24) is 9.80 Å². The van der Waals surface area contributed by atoms with Gasteiger partial charge in [-0.05, 0) is 59.8 Å². The number of nitrogens with two attached hydrogens (primary N) is 1. The number of likely N-dealkylation sites (tertiary alicyclic amines) is 1. The van der Waals surface area contributed by atoms with Crippen LogP contribution in [0.5, 0.6) is 0 Å². The zero-order valence-electron chi connectivity index (χ0n) is 10.6. The predicted molar refractivity (Wildman–Crippen MR) is 66.1 cm³/mol. The standard InChI is InChI=1S/C12H27N3/c1-12(2,13)6-9-14(3)10-11-15-7-4-5-8-15/h4-11,13H2,1-3H3. The van der Waals surface area contributed by atoms with Crippen LogP contribution in [0.15, 0.2) is 0 Å². The van der Waals surface area contributed by atoms with Crippen LogP contribution in [-0.4, -0.2) is 55.1 Å². The first kappa shape index (κ1) is 12.9. The SMILES string of the molecule is CN(CCN1CCCC1)CCC(C)(C)N. The molecule has 90 valence electrons. The molecule has 0 aromatic heterocycles. The van der Waals surface area contributed by atoms with Crippen molar-refractivity contribution in [3.8, 4) is 0 Å². The molecule has 1 aliphatic rings. The second-order valence-corrected chi connectivity index (χ2v) is 5.59. The second-order valence-electron chi connectivity index (χ2n) is 5.59. The Labute approximate surface area is 94.6 Å². The van der Waals surface area contributed by atoms with E-state index in [-0.39, 0.29) is 5.54 Å². The number of rotatable bonds is 6. The van der Waals surface area contributed by atoms with E-state index >= 15 is 0 Å². The van der Waals surface area contributed by atoms with Gasteiger partial charge in [-0.3, -0.25) is 0 Å². The van der Waals surface area contributed by atoms with E-state index < -0.39 is 0 Å². The van der Waals surface area contributed by atoms with Gasteiger partial charge in [0.1, 0.15) is 0 Å². The Morgan fingerprint density at radius 2 is 1.80 bits per heavy atom.